The molecule has 2 saturated carbocycles. The second-order valence-electron chi connectivity index (χ2n) is 19.1. The lowest BCUT2D eigenvalue weighted by molar-refractivity contribution is -0.152. The van der Waals surface area contributed by atoms with E-state index in [1.165, 1.54) is 38.4 Å². The number of aromatic hydroxyl groups is 1. The third-order valence-corrected chi connectivity index (χ3v) is 14.1. The Bertz CT molecular complexity index is 2110. The topological polar surface area (TPSA) is 238 Å². The number of phenolic OH excluding ortho intramolecular Hbond substituents is 1. The zero-order chi connectivity index (χ0) is 50.9. The predicted molar refractivity (Wildman–Crippen MR) is 258 cm³/mol. The molecule has 2 aromatic carbocycles. The summed E-state index contributed by atoms with van der Waals surface area (Å²) in [5.74, 6) is -0.475. The first-order chi connectivity index (χ1) is 34.3. The number of hydrogen-bond donors (Lipinski definition) is 4. The minimum absolute atomic E-state index is 0.00333. The number of nitrogens with zero attached hydrogens (tertiary/aromatic N) is 2. The molecule has 2 saturated heterocycles. The van der Waals surface area contributed by atoms with Gasteiger partial charge in [-0.3, -0.25) is 19.2 Å². The number of rotatable bonds is 14. The van der Waals surface area contributed by atoms with Gasteiger partial charge in [0.1, 0.15) is 47.2 Å². The first kappa shape index (κ1) is 54.7. The zero-order valence-electron chi connectivity index (χ0n) is 41.7. The summed E-state index contributed by atoms with van der Waals surface area (Å²) in [5.41, 5.74) is 1.30. The number of likely N-dealkylation sites (tertiary alicyclic amines) is 1. The van der Waals surface area contributed by atoms with Crippen LogP contribution in [-0.2, 0) is 60.6 Å². The van der Waals surface area contributed by atoms with E-state index in [1.807, 2.05) is 6.07 Å². The van der Waals surface area contributed by atoms with Crippen molar-refractivity contribution in [1.82, 2.24) is 20.4 Å². The number of ether oxygens (including phenoxy) is 7. The van der Waals surface area contributed by atoms with Gasteiger partial charge in [0.05, 0.1) is 66.7 Å². The van der Waals surface area contributed by atoms with E-state index in [9.17, 15) is 33.9 Å². The number of phenols is 1. The highest BCUT2D eigenvalue weighted by Gasteiger charge is 2.46. The van der Waals surface area contributed by atoms with Crippen molar-refractivity contribution in [3.63, 3.8) is 0 Å². The molecule has 0 unspecified atom stereocenters. The number of fused-ring (bicyclic) bond motifs is 4. The number of amides is 4. The Balaban J connectivity index is 0.000000232. The SMILES string of the molecule is COC(=O)[C@@H]1C[C@@H](OCCCO)CN1C(=O)[C@@H](NC(=O)Cc1cc(O)cc(OC)c1)C1CCCCC1.COC(=O)[C@@H]1C[C@@H]2CN1C(=O)[C@H](C1CCCCC1)NC(=O)Cc1cc(OC)cc(c1)OCCCO2. The second-order valence-corrected chi connectivity index (χ2v) is 19.1. The van der Waals surface area contributed by atoms with Crippen LogP contribution in [0.3, 0.4) is 0 Å². The standard InChI is InChI=1S/C26H38N2O8.C26H36N2O7/c1-34-20-12-17(11-19(30)14-20)13-23(31)27-24(18-7-4-3-5-8-18)25(32)28-16-21(36-10-6-9-29)15-22(28)26(33)35-2;1-32-19-11-17-12-20(14-19)34-9-6-10-35-21-15-22(26(31)33-2)28(16-21)25(30)24(27-23(29)13-17)18-7-4-3-5-8-18/h11-12,14,18,21-22,24,29-30H,3-10,13,15-16H2,1-2H3,(H,27,31);11-12,14,18,21-22,24H,3-10,13,15-16H2,1-2H3,(H,27,29)/t2*21-,22+,24+/m11/s1. The fourth-order valence-corrected chi connectivity index (χ4v) is 10.5. The number of hydrogen-bond acceptors (Lipinski definition) is 15. The van der Waals surface area contributed by atoms with E-state index in [-0.39, 0.29) is 79.4 Å². The Hall–Kier alpha value is -5.66. The first-order valence-corrected chi connectivity index (χ1v) is 25.2. The third kappa shape index (κ3) is 15.4. The third-order valence-electron chi connectivity index (χ3n) is 14.1. The minimum Gasteiger partial charge on any atom is -0.508 e. The van der Waals surface area contributed by atoms with Crippen molar-refractivity contribution < 1.29 is 72.1 Å². The molecule has 4 amide bonds. The normalized spacial score (nSPS) is 23.8. The molecule has 19 nitrogen and oxygen atoms in total. The van der Waals surface area contributed by atoms with E-state index < -0.39 is 36.1 Å². The van der Waals surface area contributed by atoms with Crippen molar-refractivity contribution >= 4 is 35.6 Å². The van der Waals surface area contributed by atoms with Crippen molar-refractivity contribution in [2.75, 3.05) is 68.0 Å². The highest BCUT2D eigenvalue weighted by molar-refractivity contribution is 5.93. The van der Waals surface area contributed by atoms with E-state index >= 15 is 0 Å². The van der Waals surface area contributed by atoms with Crippen molar-refractivity contribution in [2.24, 2.45) is 11.8 Å². The molecule has 5 aliphatic rings. The highest BCUT2D eigenvalue weighted by Crippen LogP contribution is 2.33. The maximum atomic E-state index is 13.9. The maximum Gasteiger partial charge on any atom is 0.328 e. The Morgan fingerprint density at radius 2 is 1.49 bits per heavy atom. The van der Waals surface area contributed by atoms with Gasteiger partial charge in [-0.15, -0.1) is 0 Å². The van der Waals surface area contributed by atoms with Gasteiger partial charge in [-0.2, -0.15) is 0 Å². The Morgan fingerprint density at radius 3 is 2.18 bits per heavy atom. The zero-order valence-corrected chi connectivity index (χ0v) is 41.7. The molecule has 0 aromatic heterocycles. The Morgan fingerprint density at radius 1 is 0.803 bits per heavy atom. The molecule has 19 heteroatoms. The van der Waals surface area contributed by atoms with E-state index in [0.717, 1.165) is 69.8 Å². The average molecular weight is 995 g/mol. The molecule has 4 bridgehead atoms. The molecule has 2 aliphatic carbocycles. The minimum atomic E-state index is -0.792. The van der Waals surface area contributed by atoms with Gasteiger partial charge in [0.2, 0.25) is 23.6 Å². The molecule has 4 N–H and O–H groups in total. The quantitative estimate of drug-likeness (QED) is 0.156. The molecule has 2 aromatic rings. The Kier molecular flexibility index (Phi) is 21.0. The lowest BCUT2D eigenvalue weighted by Gasteiger charge is -2.34. The van der Waals surface area contributed by atoms with E-state index in [1.54, 1.807) is 30.2 Å². The molecule has 6 atom stereocenters. The van der Waals surface area contributed by atoms with Gasteiger partial charge in [0.15, 0.2) is 0 Å². The van der Waals surface area contributed by atoms with Crippen LogP contribution in [0.15, 0.2) is 36.4 Å². The van der Waals surface area contributed by atoms with Crippen LogP contribution < -0.4 is 24.8 Å². The molecule has 0 spiro atoms. The van der Waals surface area contributed by atoms with E-state index in [4.69, 9.17) is 38.3 Å². The predicted octanol–water partition coefficient (Wildman–Crippen LogP) is 3.79. The summed E-state index contributed by atoms with van der Waals surface area (Å²) < 4.78 is 38.2. The van der Waals surface area contributed by atoms with Gasteiger partial charge < -0.3 is 63.8 Å². The van der Waals surface area contributed by atoms with Crippen LogP contribution in [0.5, 0.6) is 23.0 Å². The van der Waals surface area contributed by atoms with E-state index in [2.05, 4.69) is 10.6 Å². The summed E-state index contributed by atoms with van der Waals surface area (Å²) in [6.07, 6.45) is 10.8. The monoisotopic (exact) mass is 995 g/mol. The summed E-state index contributed by atoms with van der Waals surface area (Å²) in [6.45, 7) is 1.71. The van der Waals surface area contributed by atoms with Gasteiger partial charge in [0.25, 0.3) is 0 Å². The van der Waals surface area contributed by atoms with Crippen molar-refractivity contribution in [3.8, 4) is 23.0 Å². The lowest BCUT2D eigenvalue weighted by Crippen LogP contribution is -2.55. The average Bonchev–Trinajstić information content (AvgIpc) is 4.02. The molecular formula is C52H74N4O15. The summed E-state index contributed by atoms with van der Waals surface area (Å²) in [6, 6.07) is 7.04. The van der Waals surface area contributed by atoms with Crippen LogP contribution in [0.2, 0.25) is 0 Å². The van der Waals surface area contributed by atoms with Crippen molar-refractivity contribution in [3.05, 3.63) is 47.5 Å². The number of aliphatic hydroxyl groups is 1. The molecule has 7 rings (SSSR count). The fourth-order valence-electron chi connectivity index (χ4n) is 10.5. The molecule has 71 heavy (non-hydrogen) atoms. The largest absolute Gasteiger partial charge is 0.508 e. The Labute approximate surface area is 416 Å². The number of nitrogens with one attached hydrogen (secondary N) is 2. The molecule has 3 heterocycles. The molecule has 4 fully saturated rings. The summed E-state index contributed by atoms with van der Waals surface area (Å²) >= 11 is 0. The highest BCUT2D eigenvalue weighted by atomic mass is 16.5. The summed E-state index contributed by atoms with van der Waals surface area (Å²) in [5, 5.41) is 24.9. The number of esters is 2. The number of benzene rings is 2. The van der Waals surface area contributed by atoms with Crippen molar-refractivity contribution in [2.45, 2.75) is 139 Å². The molecule has 392 valence electrons. The second kappa shape index (κ2) is 27.2. The molecule has 3 aliphatic heterocycles. The lowest BCUT2D eigenvalue weighted by atomic mass is 9.83. The van der Waals surface area contributed by atoms with Crippen LogP contribution in [0.4, 0.5) is 0 Å². The van der Waals surface area contributed by atoms with Crippen LogP contribution in [0.25, 0.3) is 0 Å². The van der Waals surface area contributed by atoms with Crippen LogP contribution in [0, 0.1) is 11.8 Å². The fraction of sp³-hybridized carbons (Fsp3) is 0.654. The smallest absolute Gasteiger partial charge is 0.328 e. The van der Waals surface area contributed by atoms with Crippen LogP contribution in [-0.4, -0.2) is 160 Å². The van der Waals surface area contributed by atoms with Gasteiger partial charge in [-0.05, 0) is 79.3 Å². The number of aliphatic hydroxyl groups excluding tert-OH is 1. The number of methoxy groups -OCH3 is 4. The summed E-state index contributed by atoms with van der Waals surface area (Å²) in [4.78, 5) is 82.1. The summed E-state index contributed by atoms with van der Waals surface area (Å²) in [7, 11) is 5.66. The number of carbonyl (C=O) groups is 6. The maximum absolute atomic E-state index is 13.9. The van der Waals surface area contributed by atoms with E-state index in [0.29, 0.717) is 74.9 Å². The molecule has 0 radical (unpaired) electrons. The number of carbonyl (C=O) groups excluding carboxylic acids is 6. The van der Waals surface area contributed by atoms with Gasteiger partial charge >= 0.3 is 11.9 Å². The van der Waals surface area contributed by atoms with Gasteiger partial charge in [0, 0.05) is 57.7 Å². The van der Waals surface area contributed by atoms with Gasteiger partial charge in [-0.25, -0.2) is 9.59 Å². The molecular weight excluding hydrogens is 921 g/mol. The van der Waals surface area contributed by atoms with Crippen LogP contribution in [0.1, 0.15) is 101 Å². The van der Waals surface area contributed by atoms with Crippen molar-refractivity contribution in [1.29, 1.82) is 0 Å². The van der Waals surface area contributed by atoms with Gasteiger partial charge in [-0.1, -0.05) is 38.5 Å². The van der Waals surface area contributed by atoms with Crippen LogP contribution >= 0.6 is 0 Å². The first-order valence-electron chi connectivity index (χ1n) is 25.2.